The summed E-state index contributed by atoms with van der Waals surface area (Å²) < 4.78 is 7.67. The highest BCUT2D eigenvalue weighted by molar-refractivity contribution is 14.0. The molecule has 3 rings (SSSR count). The van der Waals surface area contributed by atoms with Gasteiger partial charge in [-0.3, -0.25) is 19.8 Å². The predicted octanol–water partition coefficient (Wildman–Crippen LogP) is 2.40. The van der Waals surface area contributed by atoms with Gasteiger partial charge in [-0.2, -0.15) is 5.10 Å². The van der Waals surface area contributed by atoms with Crippen molar-refractivity contribution in [3.63, 3.8) is 0 Å². The van der Waals surface area contributed by atoms with Gasteiger partial charge in [0, 0.05) is 44.5 Å². The number of aryl methyl sites for hydroxylation is 1. The minimum Gasteiger partial charge on any atom is -0.378 e. The van der Waals surface area contributed by atoms with E-state index in [1.807, 2.05) is 26.4 Å². The maximum absolute atomic E-state index is 11.1. The van der Waals surface area contributed by atoms with Crippen molar-refractivity contribution in [2.75, 3.05) is 44.6 Å². The van der Waals surface area contributed by atoms with Crippen LogP contribution in [0.2, 0.25) is 0 Å². The summed E-state index contributed by atoms with van der Waals surface area (Å²) in [4.78, 5) is 17.6. The summed E-state index contributed by atoms with van der Waals surface area (Å²) in [6.45, 7) is 5.82. The minimum absolute atomic E-state index is 0. The van der Waals surface area contributed by atoms with Crippen LogP contribution in [-0.2, 0) is 11.8 Å². The fraction of sp³-hybridized carbons (Fsp3) is 0.474. The number of halogens is 1. The Morgan fingerprint density at radius 2 is 2.23 bits per heavy atom. The highest BCUT2D eigenvalue weighted by Crippen LogP contribution is 2.23. The fourth-order valence-corrected chi connectivity index (χ4v) is 3.21. The number of nitrogens with one attached hydrogen (secondary N) is 2. The van der Waals surface area contributed by atoms with Gasteiger partial charge >= 0.3 is 0 Å². The molecule has 1 saturated heterocycles. The van der Waals surface area contributed by atoms with E-state index in [0.717, 1.165) is 24.6 Å². The largest absolute Gasteiger partial charge is 0.378 e. The summed E-state index contributed by atoms with van der Waals surface area (Å²) in [6, 6.07) is 6.62. The zero-order valence-electron chi connectivity index (χ0n) is 17.2. The van der Waals surface area contributed by atoms with Gasteiger partial charge in [-0.05, 0) is 13.0 Å². The van der Waals surface area contributed by atoms with Gasteiger partial charge in [-0.25, -0.2) is 0 Å². The van der Waals surface area contributed by atoms with Crippen LogP contribution in [0.5, 0.6) is 0 Å². The van der Waals surface area contributed by atoms with Crippen molar-refractivity contribution in [2.45, 2.75) is 13.0 Å². The number of nitro groups is 1. The number of ether oxygens (including phenoxy) is 1. The lowest BCUT2D eigenvalue weighted by Crippen LogP contribution is -2.48. The molecule has 0 aliphatic carbocycles. The van der Waals surface area contributed by atoms with E-state index in [4.69, 9.17) is 4.74 Å². The first-order chi connectivity index (χ1) is 14.1. The van der Waals surface area contributed by atoms with Crippen molar-refractivity contribution < 1.29 is 9.66 Å². The van der Waals surface area contributed by atoms with E-state index in [0.29, 0.717) is 31.9 Å². The van der Waals surface area contributed by atoms with Crippen LogP contribution in [0.25, 0.3) is 0 Å². The number of guanidine groups is 1. The third kappa shape index (κ3) is 6.29. The van der Waals surface area contributed by atoms with Gasteiger partial charge in [-0.15, -0.1) is 24.0 Å². The number of rotatable bonds is 7. The van der Waals surface area contributed by atoms with Crippen molar-refractivity contribution >= 4 is 41.3 Å². The highest BCUT2D eigenvalue weighted by atomic mass is 127. The molecular formula is C19H28IN7O3. The fourth-order valence-electron chi connectivity index (χ4n) is 3.21. The molecule has 0 saturated carbocycles. The number of hydrogen-bond donors (Lipinski definition) is 2. The van der Waals surface area contributed by atoms with Gasteiger partial charge in [0.1, 0.15) is 11.8 Å². The highest BCUT2D eigenvalue weighted by Gasteiger charge is 2.25. The summed E-state index contributed by atoms with van der Waals surface area (Å²) in [5, 5.41) is 21.8. The lowest BCUT2D eigenvalue weighted by molar-refractivity contribution is -0.384. The molecule has 1 aromatic heterocycles. The molecule has 0 bridgehead atoms. The quantitative estimate of drug-likeness (QED) is 0.142. The van der Waals surface area contributed by atoms with E-state index in [9.17, 15) is 10.1 Å². The Kier molecular flexibility index (Phi) is 9.30. The number of morpholine rings is 1. The molecule has 1 aliphatic heterocycles. The zero-order chi connectivity index (χ0) is 20.6. The molecule has 0 spiro atoms. The molecule has 0 radical (unpaired) electrons. The molecule has 1 unspecified atom stereocenters. The number of anilines is 1. The van der Waals surface area contributed by atoms with Crippen LogP contribution < -0.4 is 10.6 Å². The van der Waals surface area contributed by atoms with Crippen LogP contribution in [0.3, 0.4) is 0 Å². The summed E-state index contributed by atoms with van der Waals surface area (Å²) >= 11 is 0. The van der Waals surface area contributed by atoms with Crippen LogP contribution in [-0.4, -0.2) is 64.9 Å². The smallest absolute Gasteiger partial charge is 0.292 e. The molecule has 2 heterocycles. The zero-order valence-corrected chi connectivity index (χ0v) is 19.5. The van der Waals surface area contributed by atoms with E-state index < -0.39 is 0 Å². The molecule has 11 heteroatoms. The molecule has 1 aromatic carbocycles. The standard InChI is InChI=1S/C19H27N7O3.HI/c1-3-20-19(22-9-8-21-16-6-4-5-7-17(16)26(27)28)25-10-11-29-18(14-25)15-12-23-24(2)13-15;/h4-7,12-13,18,21H,3,8-11,14H2,1-2H3,(H,20,22);1H. The number of aromatic nitrogens is 2. The van der Waals surface area contributed by atoms with Crippen molar-refractivity contribution in [3.8, 4) is 0 Å². The van der Waals surface area contributed by atoms with Gasteiger partial charge in [-0.1, -0.05) is 12.1 Å². The third-order valence-electron chi connectivity index (χ3n) is 4.59. The Balaban J connectivity index is 0.00000320. The molecule has 0 amide bonds. The lowest BCUT2D eigenvalue weighted by atomic mass is 10.1. The van der Waals surface area contributed by atoms with Gasteiger partial charge in [0.15, 0.2) is 5.96 Å². The second-order valence-corrected chi connectivity index (χ2v) is 6.69. The van der Waals surface area contributed by atoms with E-state index in [1.54, 1.807) is 22.9 Å². The first-order valence-electron chi connectivity index (χ1n) is 9.69. The van der Waals surface area contributed by atoms with E-state index in [2.05, 4.69) is 25.6 Å². The van der Waals surface area contributed by atoms with Gasteiger partial charge in [0.2, 0.25) is 0 Å². The summed E-state index contributed by atoms with van der Waals surface area (Å²) in [6.07, 6.45) is 3.75. The Morgan fingerprint density at radius 3 is 2.93 bits per heavy atom. The normalized spacial score (nSPS) is 16.7. The van der Waals surface area contributed by atoms with Crippen molar-refractivity contribution in [3.05, 3.63) is 52.3 Å². The second kappa shape index (κ2) is 11.7. The van der Waals surface area contributed by atoms with Crippen molar-refractivity contribution in [1.29, 1.82) is 0 Å². The van der Waals surface area contributed by atoms with Crippen molar-refractivity contribution in [2.24, 2.45) is 12.0 Å². The Morgan fingerprint density at radius 1 is 1.43 bits per heavy atom. The van der Waals surface area contributed by atoms with E-state index >= 15 is 0 Å². The topological polar surface area (TPSA) is 110 Å². The van der Waals surface area contributed by atoms with E-state index in [1.165, 1.54) is 6.07 Å². The van der Waals surface area contributed by atoms with Gasteiger partial charge < -0.3 is 20.3 Å². The Bertz CT molecular complexity index is 858. The minimum atomic E-state index is -0.387. The SMILES string of the molecule is CCNC(=NCCNc1ccccc1[N+](=O)[O-])N1CCOC(c2cnn(C)c2)C1.I. The lowest BCUT2D eigenvalue weighted by Gasteiger charge is -2.34. The average molecular weight is 529 g/mol. The summed E-state index contributed by atoms with van der Waals surface area (Å²) in [5.74, 6) is 0.814. The van der Waals surface area contributed by atoms with Crippen LogP contribution in [0.15, 0.2) is 41.7 Å². The predicted molar refractivity (Wildman–Crippen MR) is 126 cm³/mol. The molecule has 10 nitrogen and oxygen atoms in total. The molecular weight excluding hydrogens is 501 g/mol. The summed E-state index contributed by atoms with van der Waals surface area (Å²) in [5.41, 5.74) is 1.61. The first-order valence-corrected chi connectivity index (χ1v) is 9.69. The monoisotopic (exact) mass is 529 g/mol. The van der Waals surface area contributed by atoms with E-state index in [-0.39, 0.29) is 40.7 Å². The number of nitrogens with zero attached hydrogens (tertiary/aromatic N) is 5. The van der Waals surface area contributed by atoms with Gasteiger partial charge in [0.25, 0.3) is 5.69 Å². The number of aliphatic imine (C=N–C) groups is 1. The molecule has 1 atom stereocenters. The van der Waals surface area contributed by atoms with Crippen LogP contribution >= 0.6 is 24.0 Å². The molecule has 2 N–H and O–H groups in total. The molecule has 30 heavy (non-hydrogen) atoms. The second-order valence-electron chi connectivity index (χ2n) is 6.69. The Labute approximate surface area is 192 Å². The van der Waals surface area contributed by atoms with Crippen LogP contribution in [0.1, 0.15) is 18.6 Å². The number of para-hydroxylation sites is 2. The summed E-state index contributed by atoms with van der Waals surface area (Å²) in [7, 11) is 1.89. The average Bonchev–Trinajstić information content (AvgIpc) is 3.17. The van der Waals surface area contributed by atoms with Crippen LogP contribution in [0.4, 0.5) is 11.4 Å². The first kappa shape index (κ1) is 23.9. The Hall–Kier alpha value is -2.41. The number of benzene rings is 1. The maximum atomic E-state index is 11.1. The van der Waals surface area contributed by atoms with Crippen LogP contribution in [0, 0.1) is 10.1 Å². The number of hydrogen-bond acceptors (Lipinski definition) is 6. The third-order valence-corrected chi connectivity index (χ3v) is 4.59. The molecule has 164 valence electrons. The maximum Gasteiger partial charge on any atom is 0.292 e. The van der Waals surface area contributed by atoms with Crippen molar-refractivity contribution in [1.82, 2.24) is 20.0 Å². The molecule has 2 aromatic rings. The van der Waals surface area contributed by atoms with Gasteiger partial charge in [0.05, 0.1) is 30.8 Å². The number of nitro benzene ring substituents is 1. The molecule has 1 aliphatic rings. The molecule has 1 fully saturated rings.